The van der Waals surface area contributed by atoms with Gasteiger partial charge in [0.05, 0.1) is 11.3 Å². The molecule has 160 valence electrons. The molecule has 0 aromatic carbocycles. The van der Waals surface area contributed by atoms with Gasteiger partial charge in [0.25, 0.3) is 0 Å². The zero-order valence-corrected chi connectivity index (χ0v) is 19.8. The topological polar surface area (TPSA) is 83.6 Å². The lowest BCUT2D eigenvalue weighted by molar-refractivity contribution is -0.113. The molecule has 5 rings (SSSR count). The maximum absolute atomic E-state index is 12.6. The van der Waals surface area contributed by atoms with E-state index in [2.05, 4.69) is 27.0 Å². The summed E-state index contributed by atoms with van der Waals surface area (Å²) >= 11 is 4.76. The van der Waals surface area contributed by atoms with E-state index in [9.17, 15) is 10.1 Å². The molecule has 0 fully saturated rings. The minimum atomic E-state index is -0.113. The Morgan fingerprint density at radius 2 is 1.90 bits per heavy atom. The van der Waals surface area contributed by atoms with Gasteiger partial charge in [-0.25, -0.2) is 0 Å². The summed E-state index contributed by atoms with van der Waals surface area (Å²) in [5.41, 5.74) is 4.40. The maximum atomic E-state index is 12.6. The Kier molecular flexibility index (Phi) is 5.87. The lowest BCUT2D eigenvalue weighted by atomic mass is 9.96. The molecule has 6 nitrogen and oxygen atoms in total. The summed E-state index contributed by atoms with van der Waals surface area (Å²) in [5, 5.41) is 24.9. The number of rotatable bonds is 5. The smallest absolute Gasteiger partial charge is 0.235 e. The lowest BCUT2D eigenvalue weighted by Gasteiger charge is -2.12. The number of anilines is 1. The van der Waals surface area contributed by atoms with Crippen LogP contribution < -0.4 is 5.32 Å². The highest BCUT2D eigenvalue weighted by molar-refractivity contribution is 7.99. The number of nitrogens with zero attached hydrogens (tertiary/aromatic N) is 4. The molecule has 3 aromatic rings. The number of fused-ring (bicyclic) bond motifs is 2. The fraction of sp³-hybridized carbons (Fsp3) is 0.455. The number of nitriles is 1. The molecule has 3 heterocycles. The molecule has 2 aliphatic rings. The average Bonchev–Trinajstić information content (AvgIpc) is 3.46. The molecule has 0 spiro atoms. The molecule has 0 saturated heterocycles. The van der Waals surface area contributed by atoms with Gasteiger partial charge in [0.1, 0.15) is 11.1 Å². The first kappa shape index (κ1) is 20.7. The highest BCUT2D eigenvalue weighted by Crippen LogP contribution is 2.38. The Balaban J connectivity index is 1.27. The zero-order valence-electron chi connectivity index (χ0n) is 17.4. The van der Waals surface area contributed by atoms with Gasteiger partial charge in [-0.05, 0) is 62.5 Å². The minimum absolute atomic E-state index is 0.113. The van der Waals surface area contributed by atoms with Crippen LogP contribution >= 0.6 is 34.4 Å². The van der Waals surface area contributed by atoms with Crippen molar-refractivity contribution in [3.63, 3.8) is 0 Å². The normalized spacial score (nSPS) is 15.2. The third-order valence-corrected chi connectivity index (χ3v) is 9.32. The second kappa shape index (κ2) is 8.77. The van der Waals surface area contributed by atoms with Crippen LogP contribution in [0.3, 0.4) is 0 Å². The van der Waals surface area contributed by atoms with E-state index in [0.717, 1.165) is 55.1 Å². The summed E-state index contributed by atoms with van der Waals surface area (Å²) in [6.45, 7) is 0. The second-order valence-corrected chi connectivity index (χ2v) is 11.0. The van der Waals surface area contributed by atoms with E-state index < -0.39 is 0 Å². The number of hydrogen-bond acceptors (Lipinski definition) is 7. The largest absolute Gasteiger partial charge is 0.316 e. The molecule has 1 N–H and O–H groups in total. The van der Waals surface area contributed by atoms with E-state index in [4.69, 9.17) is 0 Å². The molecule has 1 amide bonds. The van der Waals surface area contributed by atoms with Crippen molar-refractivity contribution in [2.45, 2.75) is 56.5 Å². The average molecular weight is 470 g/mol. The van der Waals surface area contributed by atoms with Gasteiger partial charge < -0.3 is 9.88 Å². The van der Waals surface area contributed by atoms with Gasteiger partial charge in [-0.2, -0.15) is 5.26 Å². The molecule has 2 aliphatic carbocycles. The van der Waals surface area contributed by atoms with E-state index in [1.807, 2.05) is 23.0 Å². The monoisotopic (exact) mass is 469 g/mol. The third kappa shape index (κ3) is 3.93. The second-order valence-electron chi connectivity index (χ2n) is 7.99. The van der Waals surface area contributed by atoms with Crippen LogP contribution in [0.1, 0.15) is 52.1 Å². The first-order valence-corrected chi connectivity index (χ1v) is 13.3. The van der Waals surface area contributed by atoms with Crippen molar-refractivity contribution in [2.75, 3.05) is 11.1 Å². The summed E-state index contributed by atoms with van der Waals surface area (Å²) in [5.74, 6) is 0.999. The molecule has 0 radical (unpaired) electrons. The predicted octanol–water partition coefficient (Wildman–Crippen LogP) is 4.97. The minimum Gasteiger partial charge on any atom is -0.316 e. The van der Waals surface area contributed by atoms with Crippen molar-refractivity contribution in [1.29, 1.82) is 5.26 Å². The number of carbonyl (C=O) groups is 1. The van der Waals surface area contributed by atoms with Gasteiger partial charge in [-0.15, -0.1) is 32.9 Å². The van der Waals surface area contributed by atoms with Crippen LogP contribution in [0.4, 0.5) is 5.00 Å². The third-order valence-electron chi connectivity index (χ3n) is 6.01. The van der Waals surface area contributed by atoms with Crippen molar-refractivity contribution in [3.8, 4) is 17.5 Å². The van der Waals surface area contributed by atoms with Crippen LogP contribution in [-0.4, -0.2) is 26.4 Å². The predicted molar refractivity (Wildman–Crippen MR) is 126 cm³/mol. The van der Waals surface area contributed by atoms with E-state index in [1.54, 1.807) is 11.3 Å². The molecule has 0 atom stereocenters. The Morgan fingerprint density at radius 1 is 1.16 bits per heavy atom. The Hall–Kier alpha value is -2.15. The fourth-order valence-electron chi connectivity index (χ4n) is 4.42. The van der Waals surface area contributed by atoms with E-state index in [-0.39, 0.29) is 11.7 Å². The highest BCUT2D eigenvalue weighted by atomic mass is 32.2. The molecule has 9 heteroatoms. The van der Waals surface area contributed by atoms with Gasteiger partial charge in [-0.1, -0.05) is 11.8 Å². The number of amides is 1. The lowest BCUT2D eigenvalue weighted by Crippen LogP contribution is -2.14. The van der Waals surface area contributed by atoms with E-state index >= 15 is 0 Å². The molecule has 0 aliphatic heterocycles. The summed E-state index contributed by atoms with van der Waals surface area (Å²) in [6.07, 6.45) is 8.98. The van der Waals surface area contributed by atoms with Gasteiger partial charge in [0.2, 0.25) is 5.91 Å². The summed E-state index contributed by atoms with van der Waals surface area (Å²) in [4.78, 5) is 15.3. The van der Waals surface area contributed by atoms with Crippen LogP contribution in [-0.2, 0) is 37.5 Å². The number of thioether (sulfide) groups is 1. The standard InChI is InChI=1S/C22H23N5OS3/c1-27-20(16-11-29-17-8-4-2-7-14(16)17)25-26-22(27)30-12-19(28)24-21-15(10-23)13-6-3-5-9-18(13)31-21/h11H,2-9,12H2,1H3,(H,24,28). The maximum Gasteiger partial charge on any atom is 0.235 e. The van der Waals surface area contributed by atoms with Crippen molar-refractivity contribution < 1.29 is 4.79 Å². The van der Waals surface area contributed by atoms with Crippen LogP contribution in [0, 0.1) is 11.3 Å². The Bertz CT molecular complexity index is 1180. The Labute approximate surface area is 193 Å². The van der Waals surface area contributed by atoms with Crippen molar-refractivity contribution in [2.24, 2.45) is 7.05 Å². The quantitative estimate of drug-likeness (QED) is 0.534. The number of hydrogen-bond donors (Lipinski definition) is 1. The van der Waals surface area contributed by atoms with E-state index in [1.165, 1.54) is 45.5 Å². The van der Waals surface area contributed by atoms with E-state index in [0.29, 0.717) is 10.6 Å². The zero-order chi connectivity index (χ0) is 21.4. The molecule has 0 saturated carbocycles. The van der Waals surface area contributed by atoms with Gasteiger partial charge in [0.15, 0.2) is 11.0 Å². The number of carbonyl (C=O) groups excluding carboxylic acids is 1. The van der Waals surface area contributed by atoms with Crippen LogP contribution in [0.2, 0.25) is 0 Å². The number of aryl methyl sites for hydroxylation is 2. The van der Waals surface area contributed by atoms with Crippen molar-refractivity contribution in [1.82, 2.24) is 14.8 Å². The van der Waals surface area contributed by atoms with Crippen LogP contribution in [0.15, 0.2) is 10.5 Å². The summed E-state index contributed by atoms with van der Waals surface area (Å²) in [7, 11) is 1.96. The summed E-state index contributed by atoms with van der Waals surface area (Å²) in [6, 6.07) is 2.30. The van der Waals surface area contributed by atoms with Gasteiger partial charge >= 0.3 is 0 Å². The molecule has 0 unspecified atom stereocenters. The molecule has 31 heavy (non-hydrogen) atoms. The molecule has 3 aromatic heterocycles. The SMILES string of the molecule is Cn1c(SCC(=O)Nc2sc3c(c2C#N)CCCC3)nnc1-c1csc2c1CCCC2. The summed E-state index contributed by atoms with van der Waals surface area (Å²) < 4.78 is 1.99. The molecular formula is C22H23N5OS3. The first-order valence-electron chi connectivity index (χ1n) is 10.6. The van der Waals surface area contributed by atoms with Gasteiger partial charge in [0, 0.05) is 27.7 Å². The fourth-order valence-corrected chi connectivity index (χ4v) is 7.51. The van der Waals surface area contributed by atoms with Crippen molar-refractivity contribution >= 4 is 45.3 Å². The van der Waals surface area contributed by atoms with Crippen LogP contribution in [0.5, 0.6) is 0 Å². The first-order chi connectivity index (χ1) is 15.2. The number of aromatic nitrogens is 3. The van der Waals surface area contributed by atoms with Gasteiger partial charge in [-0.3, -0.25) is 4.79 Å². The number of thiophene rings is 2. The van der Waals surface area contributed by atoms with Crippen molar-refractivity contribution in [3.05, 3.63) is 31.8 Å². The molecular weight excluding hydrogens is 446 g/mol. The highest BCUT2D eigenvalue weighted by Gasteiger charge is 2.23. The Morgan fingerprint density at radius 3 is 2.71 bits per heavy atom. The number of nitrogens with one attached hydrogen (secondary N) is 1. The van der Waals surface area contributed by atoms with Crippen LogP contribution in [0.25, 0.3) is 11.4 Å². The molecule has 0 bridgehead atoms.